The quantitative estimate of drug-likeness (QED) is 0.686. The third-order valence-corrected chi connectivity index (χ3v) is 4.86. The fourth-order valence-electron chi connectivity index (χ4n) is 3.30. The molecule has 0 aromatic heterocycles. The predicted molar refractivity (Wildman–Crippen MR) is 101 cm³/mol. The summed E-state index contributed by atoms with van der Waals surface area (Å²) >= 11 is 6.17. The van der Waals surface area contributed by atoms with Crippen LogP contribution in [-0.2, 0) is 16.0 Å². The third kappa shape index (κ3) is 3.49. The zero-order chi connectivity index (χ0) is 20.6. The van der Waals surface area contributed by atoms with Gasteiger partial charge in [-0.05, 0) is 37.1 Å². The Morgan fingerprint density at radius 1 is 1.14 bits per heavy atom. The van der Waals surface area contributed by atoms with Crippen LogP contribution in [0.25, 0.3) is 5.57 Å². The Bertz CT molecular complexity index is 988. The molecule has 3 rings (SSSR count). The van der Waals surface area contributed by atoms with E-state index in [0.29, 0.717) is 16.7 Å². The van der Waals surface area contributed by atoms with Gasteiger partial charge in [0.25, 0.3) is 0 Å². The van der Waals surface area contributed by atoms with Gasteiger partial charge in [-0.3, -0.25) is 4.79 Å². The van der Waals surface area contributed by atoms with Crippen molar-refractivity contribution in [2.24, 2.45) is 0 Å². The summed E-state index contributed by atoms with van der Waals surface area (Å²) in [4.78, 5) is 13.1. The van der Waals surface area contributed by atoms with Crippen molar-refractivity contribution in [3.05, 3.63) is 74.9 Å². The van der Waals surface area contributed by atoms with Crippen LogP contribution in [0.4, 0.5) is 13.2 Å². The maximum absolute atomic E-state index is 14.6. The molecule has 0 saturated carbocycles. The van der Waals surface area contributed by atoms with Crippen molar-refractivity contribution >= 4 is 23.0 Å². The summed E-state index contributed by atoms with van der Waals surface area (Å²) in [5, 5.41) is 3.15. The smallest absolute Gasteiger partial charge is 0.214 e. The maximum Gasteiger partial charge on any atom is 0.214 e. The number of halogens is 4. The Kier molecular flexibility index (Phi) is 5.70. The van der Waals surface area contributed by atoms with Gasteiger partial charge >= 0.3 is 0 Å². The number of carbonyl (C=O) groups excluding carboxylic acids is 1. The molecule has 1 heterocycles. The lowest BCUT2D eigenvalue weighted by atomic mass is 9.94. The summed E-state index contributed by atoms with van der Waals surface area (Å²) in [5.41, 5.74) is 0.453. The van der Waals surface area contributed by atoms with Gasteiger partial charge in [-0.1, -0.05) is 31.0 Å². The highest BCUT2D eigenvalue weighted by Gasteiger charge is 2.39. The van der Waals surface area contributed by atoms with E-state index in [0.717, 1.165) is 25.3 Å². The number of hydrogen-bond donors (Lipinski definition) is 1. The molecule has 1 unspecified atom stereocenters. The van der Waals surface area contributed by atoms with Crippen molar-refractivity contribution in [3.63, 3.8) is 0 Å². The number of ether oxygens (including phenoxy) is 1. The average molecular weight is 410 g/mol. The molecule has 1 aliphatic heterocycles. The van der Waals surface area contributed by atoms with E-state index in [9.17, 15) is 18.0 Å². The van der Waals surface area contributed by atoms with E-state index < -0.39 is 34.9 Å². The van der Waals surface area contributed by atoms with Gasteiger partial charge in [0.05, 0.1) is 5.57 Å². The van der Waals surface area contributed by atoms with Crippen LogP contribution in [-0.4, -0.2) is 12.8 Å². The monoisotopic (exact) mass is 409 g/mol. The highest BCUT2D eigenvalue weighted by molar-refractivity contribution is 6.31. The number of Topliss-reactive ketones (excluding diaryl/α,β-unsaturated/α-hetero) is 1. The van der Waals surface area contributed by atoms with Gasteiger partial charge in [-0.25, -0.2) is 13.2 Å². The molecular formula is C21H19ClF3NO2. The minimum atomic E-state index is -1.28. The van der Waals surface area contributed by atoms with Crippen molar-refractivity contribution in [1.29, 1.82) is 0 Å². The first-order valence-corrected chi connectivity index (χ1v) is 9.23. The molecule has 3 nitrogen and oxygen atoms in total. The average Bonchev–Trinajstić information content (AvgIpc) is 2.99. The molecule has 1 atom stereocenters. The van der Waals surface area contributed by atoms with E-state index in [1.807, 2.05) is 6.92 Å². The summed E-state index contributed by atoms with van der Waals surface area (Å²) in [6.07, 6.45) is 0.605. The molecule has 7 heteroatoms. The van der Waals surface area contributed by atoms with Crippen molar-refractivity contribution in [1.82, 2.24) is 5.32 Å². The van der Waals surface area contributed by atoms with Crippen molar-refractivity contribution in [2.75, 3.05) is 7.05 Å². The Labute approximate surface area is 166 Å². The molecule has 2 aromatic rings. The molecule has 1 N–H and O–H groups in total. The molecule has 1 aliphatic rings. The second-order valence-electron chi connectivity index (χ2n) is 6.62. The van der Waals surface area contributed by atoms with Crippen molar-refractivity contribution in [3.8, 4) is 0 Å². The van der Waals surface area contributed by atoms with E-state index in [1.54, 1.807) is 18.2 Å². The summed E-state index contributed by atoms with van der Waals surface area (Å²) in [6, 6.07) is 5.89. The van der Waals surface area contributed by atoms with Crippen LogP contribution < -0.4 is 5.32 Å². The fourth-order valence-corrected chi connectivity index (χ4v) is 3.57. The van der Waals surface area contributed by atoms with Gasteiger partial charge in [-0.15, -0.1) is 0 Å². The first kappa shape index (κ1) is 20.3. The Hall–Kier alpha value is -2.47. The topological polar surface area (TPSA) is 38.3 Å². The van der Waals surface area contributed by atoms with Crippen LogP contribution in [0.3, 0.4) is 0 Å². The minimum absolute atomic E-state index is 0.00340. The standard InChI is InChI=1S/C21H19ClF3NO2/c1-4-5-11-6-12(8-13(22)7-11)20-19(27)16(21(26-3)28-20)14-9-15(23)18(25)10(2)17(14)24/h6-9,20,26H,4-5H2,1-3H3. The lowest BCUT2D eigenvalue weighted by Gasteiger charge is -2.13. The SMILES string of the molecule is CCCc1cc(Cl)cc(C2OC(NC)=C(c3cc(F)c(F)c(C)c3F)C2=O)c1. The van der Waals surface area contributed by atoms with Crippen molar-refractivity contribution < 1.29 is 22.7 Å². The van der Waals surface area contributed by atoms with Gasteiger partial charge in [0.1, 0.15) is 5.82 Å². The number of nitrogens with one attached hydrogen (secondary N) is 1. The zero-order valence-corrected chi connectivity index (χ0v) is 16.4. The molecule has 0 fully saturated rings. The summed E-state index contributed by atoms with van der Waals surface area (Å²) in [6.45, 7) is 3.13. The molecule has 28 heavy (non-hydrogen) atoms. The van der Waals surface area contributed by atoms with Crippen LogP contribution >= 0.6 is 11.6 Å². The maximum atomic E-state index is 14.6. The number of aryl methyl sites for hydroxylation is 1. The Balaban J connectivity index is 2.08. The molecule has 0 radical (unpaired) electrons. The number of rotatable bonds is 5. The predicted octanol–water partition coefficient (Wildman–Crippen LogP) is 5.25. The van der Waals surface area contributed by atoms with E-state index in [1.165, 1.54) is 7.05 Å². The van der Waals surface area contributed by atoms with E-state index in [4.69, 9.17) is 16.3 Å². The zero-order valence-electron chi connectivity index (χ0n) is 15.6. The third-order valence-electron chi connectivity index (χ3n) is 4.64. The first-order valence-electron chi connectivity index (χ1n) is 8.85. The number of hydrogen-bond acceptors (Lipinski definition) is 3. The summed E-state index contributed by atoms with van der Waals surface area (Å²) in [5.74, 6) is -4.08. The van der Waals surface area contributed by atoms with Crippen LogP contribution in [0.2, 0.25) is 5.02 Å². The first-order chi connectivity index (χ1) is 13.3. The largest absolute Gasteiger partial charge is 0.462 e. The van der Waals surface area contributed by atoms with Gasteiger partial charge in [0.15, 0.2) is 23.6 Å². The van der Waals surface area contributed by atoms with Crippen molar-refractivity contribution in [2.45, 2.75) is 32.8 Å². The van der Waals surface area contributed by atoms with Gasteiger partial charge in [0, 0.05) is 28.8 Å². The van der Waals surface area contributed by atoms with E-state index in [-0.39, 0.29) is 17.0 Å². The summed E-state index contributed by atoms with van der Waals surface area (Å²) in [7, 11) is 1.50. The molecule has 0 spiro atoms. The molecule has 0 amide bonds. The second-order valence-corrected chi connectivity index (χ2v) is 7.05. The molecule has 0 aliphatic carbocycles. The van der Waals surface area contributed by atoms with Crippen LogP contribution in [0.1, 0.15) is 41.7 Å². The number of carbonyl (C=O) groups is 1. The van der Waals surface area contributed by atoms with E-state index >= 15 is 0 Å². The minimum Gasteiger partial charge on any atom is -0.462 e. The number of benzene rings is 2. The lowest BCUT2D eigenvalue weighted by Crippen LogP contribution is -2.11. The van der Waals surface area contributed by atoms with Gasteiger partial charge in [0.2, 0.25) is 5.78 Å². The molecular weight excluding hydrogens is 391 g/mol. The van der Waals surface area contributed by atoms with Crippen LogP contribution in [0.15, 0.2) is 30.1 Å². The van der Waals surface area contributed by atoms with Crippen LogP contribution in [0.5, 0.6) is 0 Å². The second kappa shape index (κ2) is 7.87. The molecule has 148 valence electrons. The van der Waals surface area contributed by atoms with Gasteiger partial charge in [-0.2, -0.15) is 0 Å². The number of ketones is 1. The Morgan fingerprint density at radius 2 is 1.86 bits per heavy atom. The Morgan fingerprint density at radius 3 is 2.50 bits per heavy atom. The normalized spacial score (nSPS) is 16.5. The van der Waals surface area contributed by atoms with E-state index in [2.05, 4.69) is 5.32 Å². The molecule has 2 aromatic carbocycles. The highest BCUT2D eigenvalue weighted by Crippen LogP contribution is 2.39. The molecule has 0 bridgehead atoms. The highest BCUT2D eigenvalue weighted by atomic mass is 35.5. The summed E-state index contributed by atoms with van der Waals surface area (Å²) < 4.78 is 47.9. The van der Waals surface area contributed by atoms with Gasteiger partial charge < -0.3 is 10.1 Å². The fraction of sp³-hybridized carbons (Fsp3) is 0.286. The lowest BCUT2D eigenvalue weighted by molar-refractivity contribution is -0.120. The molecule has 0 saturated heterocycles. The van der Waals surface area contributed by atoms with Crippen LogP contribution in [0, 0.1) is 24.4 Å².